The quantitative estimate of drug-likeness (QED) is 0.911. The number of hydrogen-bond donors (Lipinski definition) is 2. The number of anilines is 1. The van der Waals surface area contributed by atoms with E-state index in [0.717, 1.165) is 10.0 Å². The molecule has 0 aliphatic heterocycles. The summed E-state index contributed by atoms with van der Waals surface area (Å²) in [5, 5.41) is 12.0. The second kappa shape index (κ2) is 5.64. The SMILES string of the molecule is O=C(O)c1ccnc(NCc2cccc(Br)c2)c1. The van der Waals surface area contributed by atoms with Crippen LogP contribution in [0.2, 0.25) is 0 Å². The highest BCUT2D eigenvalue weighted by molar-refractivity contribution is 9.10. The van der Waals surface area contributed by atoms with Gasteiger partial charge in [0.25, 0.3) is 0 Å². The fourth-order valence-corrected chi connectivity index (χ4v) is 1.95. The highest BCUT2D eigenvalue weighted by atomic mass is 79.9. The van der Waals surface area contributed by atoms with Crippen molar-refractivity contribution < 1.29 is 9.90 Å². The number of aromatic nitrogens is 1. The van der Waals surface area contributed by atoms with E-state index in [1.165, 1.54) is 18.3 Å². The smallest absolute Gasteiger partial charge is 0.335 e. The summed E-state index contributed by atoms with van der Waals surface area (Å²) in [6, 6.07) is 10.9. The number of aromatic carboxylic acids is 1. The number of carbonyl (C=O) groups is 1. The summed E-state index contributed by atoms with van der Waals surface area (Å²) in [7, 11) is 0. The van der Waals surface area contributed by atoms with Gasteiger partial charge in [-0.15, -0.1) is 0 Å². The van der Waals surface area contributed by atoms with Crippen LogP contribution in [0.3, 0.4) is 0 Å². The molecular weight excluding hydrogens is 296 g/mol. The number of carboxylic acids is 1. The van der Waals surface area contributed by atoms with E-state index in [-0.39, 0.29) is 5.56 Å². The van der Waals surface area contributed by atoms with Crippen molar-refractivity contribution in [1.82, 2.24) is 4.98 Å². The Balaban J connectivity index is 2.06. The van der Waals surface area contributed by atoms with Gasteiger partial charge in [-0.3, -0.25) is 0 Å². The van der Waals surface area contributed by atoms with E-state index in [9.17, 15) is 4.79 Å². The second-order valence-electron chi connectivity index (χ2n) is 3.72. The van der Waals surface area contributed by atoms with E-state index in [1.54, 1.807) is 0 Å². The Hall–Kier alpha value is -1.88. The zero-order valence-electron chi connectivity index (χ0n) is 9.43. The number of hydrogen-bond acceptors (Lipinski definition) is 3. The zero-order chi connectivity index (χ0) is 13.0. The molecule has 0 saturated heterocycles. The van der Waals surface area contributed by atoms with Gasteiger partial charge < -0.3 is 10.4 Å². The van der Waals surface area contributed by atoms with Gasteiger partial charge in [0.2, 0.25) is 0 Å². The van der Waals surface area contributed by atoms with Crippen molar-refractivity contribution in [3.05, 3.63) is 58.2 Å². The maximum atomic E-state index is 10.8. The Labute approximate surface area is 113 Å². The Bertz CT molecular complexity index is 572. The van der Waals surface area contributed by atoms with Crippen LogP contribution >= 0.6 is 15.9 Å². The molecule has 0 aliphatic carbocycles. The molecule has 2 rings (SSSR count). The lowest BCUT2D eigenvalue weighted by Gasteiger charge is -2.06. The average Bonchev–Trinajstić information content (AvgIpc) is 2.37. The van der Waals surface area contributed by atoms with Crippen molar-refractivity contribution in [2.24, 2.45) is 0 Å². The molecule has 0 amide bonds. The Morgan fingerprint density at radius 3 is 2.89 bits per heavy atom. The van der Waals surface area contributed by atoms with Crippen LogP contribution in [0, 0.1) is 0 Å². The number of halogens is 1. The molecule has 18 heavy (non-hydrogen) atoms. The summed E-state index contributed by atoms with van der Waals surface area (Å²) in [4.78, 5) is 14.9. The van der Waals surface area contributed by atoms with Gasteiger partial charge >= 0.3 is 5.97 Å². The third-order valence-corrected chi connectivity index (χ3v) is 2.86. The minimum atomic E-state index is -0.956. The van der Waals surface area contributed by atoms with Crippen LogP contribution in [0.4, 0.5) is 5.82 Å². The first-order valence-electron chi connectivity index (χ1n) is 5.33. The van der Waals surface area contributed by atoms with Crippen molar-refractivity contribution in [3.8, 4) is 0 Å². The van der Waals surface area contributed by atoms with Gasteiger partial charge in [-0.05, 0) is 29.8 Å². The molecule has 1 aromatic carbocycles. The van der Waals surface area contributed by atoms with Crippen LogP contribution in [0.25, 0.3) is 0 Å². The number of nitrogens with one attached hydrogen (secondary N) is 1. The minimum Gasteiger partial charge on any atom is -0.478 e. The molecule has 0 atom stereocenters. The highest BCUT2D eigenvalue weighted by Crippen LogP contribution is 2.13. The fourth-order valence-electron chi connectivity index (χ4n) is 1.50. The van der Waals surface area contributed by atoms with Crippen molar-refractivity contribution in [1.29, 1.82) is 0 Å². The fraction of sp³-hybridized carbons (Fsp3) is 0.0769. The van der Waals surface area contributed by atoms with E-state index in [1.807, 2.05) is 24.3 Å². The number of carboxylic acid groups (broad SMARTS) is 1. The molecular formula is C13H11BrN2O2. The van der Waals surface area contributed by atoms with Gasteiger partial charge in [0, 0.05) is 17.2 Å². The molecule has 2 N–H and O–H groups in total. The second-order valence-corrected chi connectivity index (χ2v) is 4.63. The maximum Gasteiger partial charge on any atom is 0.335 e. The standard InChI is InChI=1S/C13H11BrN2O2/c14-11-3-1-2-9(6-11)8-16-12-7-10(13(17)18)4-5-15-12/h1-7H,8H2,(H,15,16)(H,17,18). The Morgan fingerprint density at radius 1 is 1.33 bits per heavy atom. The first-order chi connectivity index (χ1) is 8.65. The van der Waals surface area contributed by atoms with Gasteiger partial charge in [0.1, 0.15) is 5.82 Å². The average molecular weight is 307 g/mol. The summed E-state index contributed by atoms with van der Waals surface area (Å²) >= 11 is 3.40. The zero-order valence-corrected chi connectivity index (χ0v) is 11.0. The van der Waals surface area contributed by atoms with Gasteiger partial charge in [0.05, 0.1) is 5.56 Å². The van der Waals surface area contributed by atoms with Crippen LogP contribution in [0.15, 0.2) is 47.1 Å². The molecule has 0 saturated carbocycles. The van der Waals surface area contributed by atoms with E-state index in [2.05, 4.69) is 26.2 Å². The summed E-state index contributed by atoms with van der Waals surface area (Å²) in [6.45, 7) is 0.593. The third-order valence-electron chi connectivity index (χ3n) is 2.37. The van der Waals surface area contributed by atoms with E-state index >= 15 is 0 Å². The van der Waals surface area contributed by atoms with Crippen molar-refractivity contribution in [2.45, 2.75) is 6.54 Å². The molecule has 0 unspecified atom stereocenters. The molecule has 0 radical (unpaired) electrons. The Morgan fingerprint density at radius 2 is 2.17 bits per heavy atom. The van der Waals surface area contributed by atoms with Gasteiger partial charge in [-0.2, -0.15) is 0 Å². The predicted octanol–water partition coefficient (Wildman–Crippen LogP) is 3.15. The van der Waals surface area contributed by atoms with Gasteiger partial charge in [-0.1, -0.05) is 28.1 Å². The monoisotopic (exact) mass is 306 g/mol. The van der Waals surface area contributed by atoms with E-state index in [4.69, 9.17) is 5.11 Å². The van der Waals surface area contributed by atoms with Crippen molar-refractivity contribution in [3.63, 3.8) is 0 Å². The number of pyridine rings is 1. The van der Waals surface area contributed by atoms with Gasteiger partial charge in [-0.25, -0.2) is 9.78 Å². The van der Waals surface area contributed by atoms with Crippen LogP contribution in [0.5, 0.6) is 0 Å². The molecule has 2 aromatic rings. The lowest BCUT2D eigenvalue weighted by molar-refractivity contribution is 0.0697. The predicted molar refractivity (Wildman–Crippen MR) is 72.7 cm³/mol. The van der Waals surface area contributed by atoms with Crippen molar-refractivity contribution in [2.75, 3.05) is 5.32 Å². The Kier molecular flexibility index (Phi) is 3.94. The molecule has 4 nitrogen and oxygen atoms in total. The normalized spacial score (nSPS) is 10.1. The van der Waals surface area contributed by atoms with Crippen LogP contribution in [-0.4, -0.2) is 16.1 Å². The molecule has 5 heteroatoms. The molecule has 0 fully saturated rings. The highest BCUT2D eigenvalue weighted by Gasteiger charge is 2.03. The first kappa shape index (κ1) is 12.6. The lowest BCUT2D eigenvalue weighted by atomic mass is 10.2. The maximum absolute atomic E-state index is 10.8. The van der Waals surface area contributed by atoms with E-state index in [0.29, 0.717) is 12.4 Å². The minimum absolute atomic E-state index is 0.224. The molecule has 0 bridgehead atoms. The lowest BCUT2D eigenvalue weighted by Crippen LogP contribution is -2.03. The van der Waals surface area contributed by atoms with Crippen LogP contribution in [-0.2, 0) is 6.54 Å². The topological polar surface area (TPSA) is 62.2 Å². The first-order valence-corrected chi connectivity index (χ1v) is 6.12. The van der Waals surface area contributed by atoms with E-state index < -0.39 is 5.97 Å². The third kappa shape index (κ3) is 3.30. The molecule has 92 valence electrons. The van der Waals surface area contributed by atoms with Crippen LogP contribution < -0.4 is 5.32 Å². The molecule has 0 aliphatic rings. The summed E-state index contributed by atoms with van der Waals surface area (Å²) in [5.74, 6) is -0.405. The summed E-state index contributed by atoms with van der Waals surface area (Å²) in [5.41, 5.74) is 1.31. The number of benzene rings is 1. The molecule has 0 spiro atoms. The molecule has 1 heterocycles. The van der Waals surface area contributed by atoms with Crippen molar-refractivity contribution >= 4 is 27.7 Å². The summed E-state index contributed by atoms with van der Waals surface area (Å²) in [6.07, 6.45) is 1.48. The van der Waals surface area contributed by atoms with Gasteiger partial charge in [0.15, 0.2) is 0 Å². The largest absolute Gasteiger partial charge is 0.478 e. The molecule has 1 aromatic heterocycles. The van der Waals surface area contributed by atoms with Crippen LogP contribution in [0.1, 0.15) is 15.9 Å². The number of nitrogens with zero attached hydrogens (tertiary/aromatic N) is 1. The number of rotatable bonds is 4. The summed E-state index contributed by atoms with van der Waals surface area (Å²) < 4.78 is 1.01.